The van der Waals surface area contributed by atoms with Gasteiger partial charge in [-0.05, 0) is 45.4 Å². The van der Waals surface area contributed by atoms with Gasteiger partial charge >= 0.3 is 5.97 Å². The molecule has 0 bridgehead atoms. The van der Waals surface area contributed by atoms with E-state index < -0.39 is 15.6 Å². The number of carbonyl (C=O) groups is 1. The minimum absolute atomic E-state index is 0.0332. The van der Waals surface area contributed by atoms with Crippen LogP contribution in [0.25, 0.3) is 0 Å². The number of primary sulfonamides is 1. The Morgan fingerprint density at radius 2 is 1.90 bits per heavy atom. The summed E-state index contributed by atoms with van der Waals surface area (Å²) in [7, 11) is -3.86. The first-order chi connectivity index (χ1) is 9.40. The lowest BCUT2D eigenvalue weighted by molar-refractivity contribution is -0.151. The highest BCUT2D eigenvalue weighted by Crippen LogP contribution is 2.30. The molecule has 4 N–H and O–H groups in total. The average Bonchev–Trinajstić information content (AvgIpc) is 2.26. The SMILES string of the molecule is Cc1c(SCC(=O)OC(C)(C)C)cc(N)cc1S(N)(=O)=O. The van der Waals surface area contributed by atoms with Crippen LogP contribution in [0, 0.1) is 6.92 Å². The summed E-state index contributed by atoms with van der Waals surface area (Å²) in [4.78, 5) is 12.2. The molecule has 8 heteroatoms. The smallest absolute Gasteiger partial charge is 0.316 e. The maximum Gasteiger partial charge on any atom is 0.316 e. The fourth-order valence-corrected chi connectivity index (χ4v) is 3.42. The second-order valence-corrected chi connectivity index (χ2v) is 8.11. The second-order valence-electron chi connectivity index (χ2n) is 5.56. The van der Waals surface area contributed by atoms with Crippen molar-refractivity contribution in [3.05, 3.63) is 17.7 Å². The second kappa shape index (κ2) is 6.25. The van der Waals surface area contributed by atoms with E-state index in [1.807, 2.05) is 0 Å². The van der Waals surface area contributed by atoms with Crippen molar-refractivity contribution >= 4 is 33.4 Å². The van der Waals surface area contributed by atoms with E-state index in [1.54, 1.807) is 33.8 Å². The molecule has 0 unspecified atom stereocenters. The number of ether oxygens (including phenoxy) is 1. The number of nitrogen functional groups attached to an aromatic ring is 1. The van der Waals surface area contributed by atoms with Gasteiger partial charge in [-0.15, -0.1) is 11.8 Å². The van der Waals surface area contributed by atoms with Crippen molar-refractivity contribution in [2.24, 2.45) is 5.14 Å². The third kappa shape index (κ3) is 5.56. The van der Waals surface area contributed by atoms with Crippen LogP contribution in [-0.4, -0.2) is 25.7 Å². The van der Waals surface area contributed by atoms with Gasteiger partial charge in [0, 0.05) is 10.6 Å². The van der Waals surface area contributed by atoms with Gasteiger partial charge in [0.25, 0.3) is 0 Å². The van der Waals surface area contributed by atoms with Crippen LogP contribution in [-0.2, 0) is 19.6 Å². The Morgan fingerprint density at radius 1 is 1.33 bits per heavy atom. The molecule has 21 heavy (non-hydrogen) atoms. The summed E-state index contributed by atoms with van der Waals surface area (Å²) in [5.41, 5.74) is 5.87. The van der Waals surface area contributed by atoms with Crippen molar-refractivity contribution in [2.75, 3.05) is 11.5 Å². The number of nitrogens with two attached hydrogens (primary N) is 2. The third-order valence-corrected chi connectivity index (χ3v) is 4.56. The van der Waals surface area contributed by atoms with E-state index in [-0.39, 0.29) is 22.3 Å². The van der Waals surface area contributed by atoms with Crippen LogP contribution in [0.15, 0.2) is 21.9 Å². The van der Waals surface area contributed by atoms with Gasteiger partial charge in [-0.3, -0.25) is 4.79 Å². The van der Waals surface area contributed by atoms with E-state index in [2.05, 4.69) is 0 Å². The molecule has 0 spiro atoms. The van der Waals surface area contributed by atoms with Gasteiger partial charge in [-0.2, -0.15) is 0 Å². The summed E-state index contributed by atoms with van der Waals surface area (Å²) in [5, 5.41) is 5.15. The van der Waals surface area contributed by atoms with Gasteiger partial charge in [-0.1, -0.05) is 0 Å². The van der Waals surface area contributed by atoms with Gasteiger partial charge < -0.3 is 10.5 Å². The molecule has 1 rings (SSSR count). The Kier molecular flexibility index (Phi) is 5.30. The Balaban J connectivity index is 2.95. The number of hydrogen-bond acceptors (Lipinski definition) is 6. The number of hydrogen-bond donors (Lipinski definition) is 2. The van der Waals surface area contributed by atoms with E-state index in [0.29, 0.717) is 10.5 Å². The van der Waals surface area contributed by atoms with Crippen LogP contribution in [0.2, 0.25) is 0 Å². The van der Waals surface area contributed by atoms with Crippen molar-refractivity contribution < 1.29 is 17.9 Å². The molecule has 0 radical (unpaired) electrons. The summed E-state index contributed by atoms with van der Waals surface area (Å²) < 4.78 is 28.2. The molecule has 0 heterocycles. The molecule has 1 aromatic carbocycles. The summed E-state index contributed by atoms with van der Waals surface area (Å²) in [6.07, 6.45) is 0. The Hall–Kier alpha value is -1.25. The topological polar surface area (TPSA) is 112 Å². The number of benzene rings is 1. The average molecular weight is 332 g/mol. The zero-order chi connectivity index (χ0) is 16.4. The van der Waals surface area contributed by atoms with Crippen molar-refractivity contribution in [1.29, 1.82) is 0 Å². The molecule has 118 valence electrons. The summed E-state index contributed by atoms with van der Waals surface area (Å²) in [5.74, 6) is -0.322. The highest BCUT2D eigenvalue weighted by molar-refractivity contribution is 8.00. The first kappa shape index (κ1) is 17.8. The molecule has 0 aliphatic carbocycles. The maximum atomic E-state index is 11.7. The highest BCUT2D eigenvalue weighted by atomic mass is 32.2. The molecule has 1 aromatic rings. The fraction of sp³-hybridized carbons (Fsp3) is 0.462. The van der Waals surface area contributed by atoms with Gasteiger partial charge in [-0.25, -0.2) is 13.6 Å². The van der Waals surface area contributed by atoms with Crippen LogP contribution in [0.4, 0.5) is 5.69 Å². The number of sulfonamides is 1. The Labute approximate surface area is 129 Å². The molecule has 0 aromatic heterocycles. The van der Waals surface area contributed by atoms with Crippen molar-refractivity contribution in [3.8, 4) is 0 Å². The van der Waals surface area contributed by atoms with E-state index in [1.165, 1.54) is 17.8 Å². The van der Waals surface area contributed by atoms with E-state index in [0.717, 1.165) is 0 Å². The molecule has 0 saturated heterocycles. The van der Waals surface area contributed by atoms with Crippen LogP contribution in [0.5, 0.6) is 0 Å². The Morgan fingerprint density at radius 3 is 2.38 bits per heavy atom. The molecule has 0 atom stereocenters. The molecule has 0 aliphatic rings. The first-order valence-corrected chi connectivity index (χ1v) is 8.71. The standard InChI is InChI=1S/C13H20N2O4S2/c1-8-10(20-7-12(16)19-13(2,3)4)5-9(14)6-11(8)21(15,17)18/h5-6H,7,14H2,1-4H3,(H2,15,17,18). The fourth-order valence-electron chi connectivity index (χ4n) is 1.64. The number of anilines is 1. The minimum Gasteiger partial charge on any atom is -0.459 e. The lowest BCUT2D eigenvalue weighted by Crippen LogP contribution is -2.25. The van der Waals surface area contributed by atoms with Gasteiger partial charge in [0.2, 0.25) is 10.0 Å². The van der Waals surface area contributed by atoms with Gasteiger partial charge in [0.1, 0.15) is 5.60 Å². The predicted octanol–water partition coefficient (Wildman–Crippen LogP) is 1.66. The molecular weight excluding hydrogens is 312 g/mol. The third-order valence-electron chi connectivity index (χ3n) is 2.41. The molecule has 0 fully saturated rings. The highest BCUT2D eigenvalue weighted by Gasteiger charge is 2.19. The monoisotopic (exact) mass is 332 g/mol. The van der Waals surface area contributed by atoms with Crippen molar-refractivity contribution in [1.82, 2.24) is 0 Å². The largest absolute Gasteiger partial charge is 0.459 e. The van der Waals surface area contributed by atoms with Crippen LogP contribution in [0.1, 0.15) is 26.3 Å². The molecule has 0 saturated carbocycles. The normalized spacial score (nSPS) is 12.2. The van der Waals surface area contributed by atoms with E-state index >= 15 is 0 Å². The molecular formula is C13H20N2O4S2. The number of thioether (sulfide) groups is 1. The molecule has 0 amide bonds. The van der Waals surface area contributed by atoms with Crippen molar-refractivity contribution in [2.45, 2.75) is 43.1 Å². The lowest BCUT2D eigenvalue weighted by Gasteiger charge is -2.19. The van der Waals surface area contributed by atoms with E-state index in [4.69, 9.17) is 15.6 Å². The zero-order valence-corrected chi connectivity index (χ0v) is 14.1. The van der Waals surface area contributed by atoms with Crippen LogP contribution in [0.3, 0.4) is 0 Å². The number of esters is 1. The summed E-state index contributed by atoms with van der Waals surface area (Å²) in [6.45, 7) is 6.96. The molecule has 0 aliphatic heterocycles. The maximum absolute atomic E-state index is 11.7. The van der Waals surface area contributed by atoms with Crippen LogP contribution >= 0.6 is 11.8 Å². The summed E-state index contributed by atoms with van der Waals surface area (Å²) in [6, 6.07) is 2.92. The van der Waals surface area contributed by atoms with Crippen LogP contribution < -0.4 is 10.9 Å². The van der Waals surface area contributed by atoms with E-state index in [9.17, 15) is 13.2 Å². The summed E-state index contributed by atoms with van der Waals surface area (Å²) >= 11 is 1.17. The first-order valence-electron chi connectivity index (χ1n) is 6.18. The Bertz CT molecular complexity index is 649. The van der Waals surface area contributed by atoms with Crippen molar-refractivity contribution in [3.63, 3.8) is 0 Å². The molecule has 6 nitrogen and oxygen atoms in total. The zero-order valence-electron chi connectivity index (χ0n) is 12.5. The number of carbonyl (C=O) groups excluding carboxylic acids is 1. The lowest BCUT2D eigenvalue weighted by atomic mass is 10.2. The predicted molar refractivity (Wildman–Crippen MR) is 83.5 cm³/mol. The van der Waals surface area contributed by atoms with Gasteiger partial charge in [0.15, 0.2) is 0 Å². The quantitative estimate of drug-likeness (QED) is 0.492. The number of rotatable bonds is 4. The van der Waals surface area contributed by atoms with Gasteiger partial charge in [0.05, 0.1) is 10.6 Å². The minimum atomic E-state index is -3.86.